The van der Waals surface area contributed by atoms with Crippen LogP contribution in [0.1, 0.15) is 25.7 Å². The van der Waals surface area contributed by atoms with E-state index in [9.17, 15) is 8.60 Å². The monoisotopic (exact) mass is 463 g/mol. The number of pyridine rings is 1. The van der Waals surface area contributed by atoms with Crippen LogP contribution in [0.2, 0.25) is 0 Å². The third-order valence-electron chi connectivity index (χ3n) is 5.69. The van der Waals surface area contributed by atoms with Crippen molar-refractivity contribution in [3.63, 3.8) is 0 Å². The van der Waals surface area contributed by atoms with E-state index in [2.05, 4.69) is 9.97 Å². The molecule has 2 aromatic heterocycles. The zero-order valence-corrected chi connectivity index (χ0v) is 19.0. The molecule has 32 heavy (non-hydrogen) atoms. The molecule has 162 valence electrons. The van der Waals surface area contributed by atoms with E-state index < -0.39 is 9.73 Å². The van der Waals surface area contributed by atoms with Crippen LogP contribution in [0.15, 0.2) is 88.4 Å². The van der Waals surface area contributed by atoms with Gasteiger partial charge in [0.05, 0.1) is 14.6 Å². The Morgan fingerprint density at radius 1 is 0.938 bits per heavy atom. The average molecular weight is 464 g/mol. The summed E-state index contributed by atoms with van der Waals surface area (Å²) in [6.07, 6.45) is 7.52. The van der Waals surface area contributed by atoms with Crippen molar-refractivity contribution < 1.29 is 8.60 Å². The molecule has 1 aliphatic rings. The molecule has 5 rings (SSSR count). The van der Waals surface area contributed by atoms with Crippen molar-refractivity contribution in [2.75, 3.05) is 0 Å². The first-order chi connectivity index (χ1) is 15.6. The second-order valence-corrected chi connectivity index (χ2v) is 11.3. The van der Waals surface area contributed by atoms with Gasteiger partial charge < -0.3 is 0 Å². The van der Waals surface area contributed by atoms with Gasteiger partial charge in [0.15, 0.2) is 5.82 Å². The number of rotatable bonds is 5. The van der Waals surface area contributed by atoms with E-state index in [-0.39, 0.29) is 11.1 Å². The SMILES string of the molecule is O=S(=Nc1cc(-c2cnc(-c3ccc(F)cc3)s2)ccn1)(c1ccccc1)C1CCCC1. The van der Waals surface area contributed by atoms with Crippen molar-refractivity contribution >= 4 is 26.9 Å². The van der Waals surface area contributed by atoms with Crippen molar-refractivity contribution in [2.24, 2.45) is 4.36 Å². The first-order valence-electron chi connectivity index (χ1n) is 10.6. The van der Waals surface area contributed by atoms with Gasteiger partial charge in [0.1, 0.15) is 10.8 Å². The van der Waals surface area contributed by atoms with E-state index in [0.717, 1.165) is 51.6 Å². The van der Waals surface area contributed by atoms with E-state index >= 15 is 0 Å². The number of nitrogens with zero attached hydrogens (tertiary/aromatic N) is 3. The van der Waals surface area contributed by atoms with Crippen LogP contribution in [-0.2, 0) is 9.73 Å². The lowest BCUT2D eigenvalue weighted by Gasteiger charge is -2.17. The summed E-state index contributed by atoms with van der Waals surface area (Å²) in [5, 5.41) is 0.859. The maximum absolute atomic E-state index is 14.2. The van der Waals surface area contributed by atoms with Crippen molar-refractivity contribution in [3.05, 3.63) is 84.9 Å². The molecule has 0 bridgehead atoms. The van der Waals surface area contributed by atoms with Gasteiger partial charge in [-0.1, -0.05) is 31.0 Å². The van der Waals surface area contributed by atoms with Gasteiger partial charge >= 0.3 is 0 Å². The fourth-order valence-corrected chi connectivity index (χ4v) is 7.49. The van der Waals surface area contributed by atoms with Crippen LogP contribution in [0.5, 0.6) is 0 Å². The third-order valence-corrected chi connectivity index (χ3v) is 9.57. The third kappa shape index (κ3) is 4.23. The molecular formula is C25H22FN3OS2. The van der Waals surface area contributed by atoms with Crippen LogP contribution in [0.25, 0.3) is 21.0 Å². The fraction of sp³-hybridized carbons (Fsp3) is 0.200. The van der Waals surface area contributed by atoms with Crippen LogP contribution in [0.4, 0.5) is 10.2 Å². The number of hydrogen-bond acceptors (Lipinski definition) is 5. The molecule has 1 fully saturated rings. The summed E-state index contributed by atoms with van der Waals surface area (Å²) in [7, 11) is -2.63. The van der Waals surface area contributed by atoms with Gasteiger partial charge in [-0.05, 0) is 66.9 Å². The Morgan fingerprint density at radius 3 is 2.44 bits per heavy atom. The van der Waals surface area contributed by atoms with Gasteiger partial charge in [-0.25, -0.2) is 18.6 Å². The zero-order valence-electron chi connectivity index (χ0n) is 17.4. The van der Waals surface area contributed by atoms with Gasteiger partial charge in [0.25, 0.3) is 0 Å². The molecule has 0 saturated heterocycles. The van der Waals surface area contributed by atoms with E-state index in [4.69, 9.17) is 4.36 Å². The Labute approximate surface area is 191 Å². The summed E-state index contributed by atoms with van der Waals surface area (Å²) in [6, 6.07) is 19.7. The van der Waals surface area contributed by atoms with Crippen LogP contribution in [0, 0.1) is 5.82 Å². The molecule has 4 aromatic rings. The predicted molar refractivity (Wildman–Crippen MR) is 128 cm³/mol. The van der Waals surface area contributed by atoms with Gasteiger partial charge in [-0.15, -0.1) is 11.3 Å². The van der Waals surface area contributed by atoms with Gasteiger partial charge in [0.2, 0.25) is 0 Å². The normalized spacial score (nSPS) is 16.0. The minimum absolute atomic E-state index is 0.0452. The van der Waals surface area contributed by atoms with Crippen molar-refractivity contribution in [1.29, 1.82) is 0 Å². The van der Waals surface area contributed by atoms with Crippen molar-refractivity contribution in [3.8, 4) is 21.0 Å². The topological polar surface area (TPSA) is 55.2 Å². The van der Waals surface area contributed by atoms with Crippen LogP contribution in [0.3, 0.4) is 0 Å². The summed E-state index contributed by atoms with van der Waals surface area (Å²) in [5.74, 6) is 0.204. The Balaban J connectivity index is 1.53. The number of halogens is 1. The molecule has 0 amide bonds. The predicted octanol–water partition coefficient (Wildman–Crippen LogP) is 7.11. The highest BCUT2D eigenvalue weighted by atomic mass is 32.2. The van der Waals surface area contributed by atoms with Crippen LogP contribution >= 0.6 is 11.3 Å². The highest BCUT2D eigenvalue weighted by Crippen LogP contribution is 2.36. The highest BCUT2D eigenvalue weighted by molar-refractivity contribution is 7.94. The number of benzene rings is 2. The first-order valence-corrected chi connectivity index (χ1v) is 13.0. The Morgan fingerprint density at radius 2 is 1.69 bits per heavy atom. The van der Waals surface area contributed by atoms with Gasteiger partial charge in [0, 0.05) is 28.1 Å². The molecule has 1 unspecified atom stereocenters. The second kappa shape index (κ2) is 8.92. The minimum Gasteiger partial charge on any atom is -0.244 e. The zero-order chi connectivity index (χ0) is 22.0. The lowest BCUT2D eigenvalue weighted by Crippen LogP contribution is -2.17. The molecule has 2 aromatic carbocycles. The van der Waals surface area contributed by atoms with Crippen LogP contribution < -0.4 is 0 Å². The molecule has 0 spiro atoms. The molecular weight excluding hydrogens is 441 g/mol. The lowest BCUT2D eigenvalue weighted by molar-refractivity contribution is 0.628. The molecule has 0 N–H and O–H groups in total. The van der Waals surface area contributed by atoms with Crippen LogP contribution in [-0.4, -0.2) is 19.4 Å². The fourth-order valence-electron chi connectivity index (χ4n) is 4.04. The Kier molecular flexibility index (Phi) is 5.85. The molecule has 7 heteroatoms. The summed E-state index contributed by atoms with van der Waals surface area (Å²) < 4.78 is 32.2. The smallest absolute Gasteiger partial charge is 0.162 e. The molecule has 1 saturated carbocycles. The maximum Gasteiger partial charge on any atom is 0.162 e. The standard InChI is InChI=1S/C25H22FN3OS2/c26-20-12-10-18(11-13-20)25-28-17-23(31-25)19-14-15-27-24(16-19)29-32(30,22-8-4-5-9-22)21-6-2-1-3-7-21/h1-3,6-7,10-17,22H,4-5,8-9H2. The number of aromatic nitrogens is 2. The molecule has 0 aliphatic heterocycles. The number of thiazole rings is 1. The average Bonchev–Trinajstić information content (AvgIpc) is 3.53. The molecule has 2 heterocycles. The summed E-state index contributed by atoms with van der Waals surface area (Å²) in [4.78, 5) is 10.6. The Hall–Kier alpha value is -2.90. The Bertz CT molecular complexity index is 1340. The van der Waals surface area contributed by atoms with Gasteiger partial charge in [-0.2, -0.15) is 4.36 Å². The van der Waals surface area contributed by atoms with E-state index in [1.54, 1.807) is 24.5 Å². The highest BCUT2D eigenvalue weighted by Gasteiger charge is 2.29. The number of hydrogen-bond donors (Lipinski definition) is 0. The second-order valence-electron chi connectivity index (χ2n) is 7.82. The first kappa shape index (κ1) is 21.0. The molecule has 1 atom stereocenters. The van der Waals surface area contributed by atoms with E-state index in [1.807, 2.05) is 42.5 Å². The summed E-state index contributed by atoms with van der Waals surface area (Å²) >= 11 is 1.52. The lowest BCUT2D eigenvalue weighted by atomic mass is 10.2. The largest absolute Gasteiger partial charge is 0.244 e. The van der Waals surface area contributed by atoms with E-state index in [1.165, 1.54) is 23.5 Å². The van der Waals surface area contributed by atoms with Crippen molar-refractivity contribution in [2.45, 2.75) is 35.8 Å². The molecule has 4 nitrogen and oxygen atoms in total. The van der Waals surface area contributed by atoms with Crippen molar-refractivity contribution in [1.82, 2.24) is 9.97 Å². The minimum atomic E-state index is -2.63. The summed E-state index contributed by atoms with van der Waals surface area (Å²) in [6.45, 7) is 0. The van der Waals surface area contributed by atoms with E-state index in [0.29, 0.717) is 5.82 Å². The maximum atomic E-state index is 14.2. The molecule has 1 aliphatic carbocycles. The molecule has 0 radical (unpaired) electrons. The summed E-state index contributed by atoms with van der Waals surface area (Å²) in [5.41, 5.74) is 1.79. The quantitative estimate of drug-likeness (QED) is 0.317. The van der Waals surface area contributed by atoms with Gasteiger partial charge in [-0.3, -0.25) is 0 Å².